The molecule has 9 nitrogen and oxygen atoms in total. The van der Waals surface area contributed by atoms with Crippen molar-refractivity contribution in [3.8, 4) is 11.4 Å². The molecule has 0 aliphatic heterocycles. The molecule has 0 spiro atoms. The smallest absolute Gasteiger partial charge is 0.341 e. The van der Waals surface area contributed by atoms with Gasteiger partial charge in [0.1, 0.15) is 23.7 Å². The fourth-order valence-corrected chi connectivity index (χ4v) is 3.59. The second-order valence-electron chi connectivity index (χ2n) is 7.90. The molecule has 0 atom stereocenters. The molecule has 0 aliphatic carbocycles. The van der Waals surface area contributed by atoms with Crippen LogP contribution in [0, 0.1) is 20.8 Å². The molecular weight excluding hydrogens is 448 g/mol. The Morgan fingerprint density at radius 1 is 1.09 bits per heavy atom. The number of esters is 1. The average molecular weight is 475 g/mol. The average Bonchev–Trinajstić information content (AvgIpc) is 3.39. The van der Waals surface area contributed by atoms with Crippen molar-refractivity contribution < 1.29 is 23.6 Å². The minimum absolute atomic E-state index is 0.283. The van der Waals surface area contributed by atoms with Gasteiger partial charge in [-0.05, 0) is 64.1 Å². The van der Waals surface area contributed by atoms with Crippen LogP contribution in [-0.4, -0.2) is 33.4 Å². The lowest BCUT2D eigenvalue weighted by molar-refractivity contribution is 0.0525. The first-order valence-corrected chi connectivity index (χ1v) is 11.2. The number of benzene rings is 2. The van der Waals surface area contributed by atoms with Gasteiger partial charge in [0, 0.05) is 11.3 Å². The molecule has 4 rings (SSSR count). The maximum atomic E-state index is 12.9. The number of nitrogens with one attached hydrogen (secondary N) is 1. The van der Waals surface area contributed by atoms with Gasteiger partial charge in [-0.25, -0.2) is 9.48 Å². The standard InChI is InChI=1S/C26H26N4O5/c1-5-33-26(32)23-14-27-30(17(23)3)21-10-7-9-20(13-21)28-25(31)19-8-6-11-22(12-19)34-15-24-16(2)29-35-18(24)4/h6-14H,5,15H2,1-4H3,(H,28,31). The topological polar surface area (TPSA) is 108 Å². The van der Waals surface area contributed by atoms with Crippen molar-refractivity contribution in [1.29, 1.82) is 0 Å². The van der Waals surface area contributed by atoms with Crippen LogP contribution in [0.2, 0.25) is 0 Å². The lowest BCUT2D eigenvalue weighted by Gasteiger charge is -2.11. The van der Waals surface area contributed by atoms with Crippen molar-refractivity contribution in [2.24, 2.45) is 0 Å². The van der Waals surface area contributed by atoms with Gasteiger partial charge in [-0.3, -0.25) is 4.79 Å². The fourth-order valence-electron chi connectivity index (χ4n) is 3.59. The van der Waals surface area contributed by atoms with Crippen LogP contribution in [0.3, 0.4) is 0 Å². The van der Waals surface area contributed by atoms with Crippen LogP contribution in [-0.2, 0) is 11.3 Å². The molecule has 0 fully saturated rings. The van der Waals surface area contributed by atoms with Gasteiger partial charge in [0.15, 0.2) is 0 Å². The maximum Gasteiger partial charge on any atom is 0.341 e. The Morgan fingerprint density at radius 3 is 2.63 bits per heavy atom. The van der Waals surface area contributed by atoms with E-state index in [9.17, 15) is 9.59 Å². The van der Waals surface area contributed by atoms with Crippen LogP contribution in [0.5, 0.6) is 5.75 Å². The molecule has 2 aromatic heterocycles. The third-order valence-electron chi connectivity index (χ3n) is 5.51. The summed E-state index contributed by atoms with van der Waals surface area (Å²) in [5.41, 5.74) is 4.44. The summed E-state index contributed by atoms with van der Waals surface area (Å²) < 4.78 is 17.7. The molecule has 2 heterocycles. The summed E-state index contributed by atoms with van der Waals surface area (Å²) in [5.74, 6) is 0.564. The van der Waals surface area contributed by atoms with Crippen LogP contribution in [0.1, 0.15) is 50.4 Å². The van der Waals surface area contributed by atoms with Crippen molar-refractivity contribution in [2.75, 3.05) is 11.9 Å². The number of aryl methyl sites for hydroxylation is 2. The van der Waals surface area contributed by atoms with Crippen molar-refractivity contribution in [1.82, 2.24) is 14.9 Å². The second kappa shape index (κ2) is 10.3. The van der Waals surface area contributed by atoms with Crippen molar-refractivity contribution >= 4 is 17.6 Å². The Bertz CT molecular complexity index is 1350. The molecule has 9 heteroatoms. The Hall–Kier alpha value is -4.40. The quantitative estimate of drug-likeness (QED) is 0.366. The summed E-state index contributed by atoms with van der Waals surface area (Å²) in [7, 11) is 0. The summed E-state index contributed by atoms with van der Waals surface area (Å²) in [5, 5.41) is 11.1. The molecule has 2 aromatic carbocycles. The van der Waals surface area contributed by atoms with E-state index in [1.807, 2.05) is 19.9 Å². The number of hydrogen-bond acceptors (Lipinski definition) is 7. The Morgan fingerprint density at radius 2 is 1.89 bits per heavy atom. The monoisotopic (exact) mass is 474 g/mol. The Balaban J connectivity index is 1.47. The number of ether oxygens (including phenoxy) is 2. The van der Waals surface area contributed by atoms with Crippen molar-refractivity contribution in [3.63, 3.8) is 0 Å². The molecule has 0 bridgehead atoms. The second-order valence-corrected chi connectivity index (χ2v) is 7.90. The van der Waals surface area contributed by atoms with Crippen LogP contribution in [0.15, 0.2) is 59.3 Å². The number of amides is 1. The van der Waals surface area contributed by atoms with Crippen molar-refractivity contribution in [3.05, 3.63) is 88.6 Å². The number of hydrogen-bond donors (Lipinski definition) is 1. The van der Waals surface area contributed by atoms with E-state index >= 15 is 0 Å². The minimum atomic E-state index is -0.419. The fraction of sp³-hybridized carbons (Fsp3) is 0.231. The van der Waals surface area contributed by atoms with Gasteiger partial charge in [-0.1, -0.05) is 17.3 Å². The number of aromatic nitrogens is 3. The molecule has 0 aliphatic rings. The molecule has 35 heavy (non-hydrogen) atoms. The largest absolute Gasteiger partial charge is 0.489 e. The number of carbonyl (C=O) groups is 2. The first kappa shape index (κ1) is 23.7. The highest BCUT2D eigenvalue weighted by Gasteiger charge is 2.17. The van der Waals surface area contributed by atoms with E-state index in [-0.39, 0.29) is 12.5 Å². The van der Waals surface area contributed by atoms with Crippen LogP contribution in [0.4, 0.5) is 5.69 Å². The van der Waals surface area contributed by atoms with Crippen LogP contribution >= 0.6 is 0 Å². The highest BCUT2D eigenvalue weighted by Crippen LogP contribution is 2.21. The molecule has 180 valence electrons. The molecule has 1 amide bonds. The van der Waals surface area contributed by atoms with Gasteiger partial charge < -0.3 is 19.3 Å². The normalized spacial score (nSPS) is 10.7. The van der Waals surface area contributed by atoms with Gasteiger partial charge in [0.2, 0.25) is 0 Å². The van der Waals surface area contributed by atoms with Gasteiger partial charge in [-0.2, -0.15) is 5.10 Å². The zero-order valence-corrected chi connectivity index (χ0v) is 20.0. The van der Waals surface area contributed by atoms with Crippen molar-refractivity contribution in [2.45, 2.75) is 34.3 Å². The molecular formula is C26H26N4O5. The summed E-state index contributed by atoms with van der Waals surface area (Å²) in [4.78, 5) is 25.0. The molecule has 0 saturated carbocycles. The molecule has 1 N–H and O–H groups in total. The van der Waals surface area contributed by atoms with Gasteiger partial charge in [-0.15, -0.1) is 0 Å². The molecule has 0 saturated heterocycles. The lowest BCUT2D eigenvalue weighted by Crippen LogP contribution is -2.12. The number of carbonyl (C=O) groups excluding carboxylic acids is 2. The Kier molecular flexibility index (Phi) is 6.96. The summed E-state index contributed by atoms with van der Waals surface area (Å²) >= 11 is 0. The number of nitrogens with zero attached hydrogens (tertiary/aromatic N) is 3. The molecule has 0 unspecified atom stereocenters. The predicted octanol–water partition coefficient (Wildman–Crippen LogP) is 4.79. The summed E-state index contributed by atoms with van der Waals surface area (Å²) in [6, 6.07) is 14.2. The Labute approximate surface area is 202 Å². The van der Waals surface area contributed by atoms with E-state index in [2.05, 4.69) is 15.6 Å². The van der Waals surface area contributed by atoms with Crippen LogP contribution < -0.4 is 10.1 Å². The van der Waals surface area contributed by atoms with E-state index in [4.69, 9.17) is 14.0 Å². The highest BCUT2D eigenvalue weighted by atomic mass is 16.5. The van der Waals surface area contributed by atoms with E-state index in [0.29, 0.717) is 46.3 Å². The zero-order chi connectivity index (χ0) is 24.9. The summed E-state index contributed by atoms with van der Waals surface area (Å²) in [6.07, 6.45) is 1.48. The van der Waals surface area contributed by atoms with E-state index in [1.165, 1.54) is 6.20 Å². The van der Waals surface area contributed by atoms with Crippen LogP contribution in [0.25, 0.3) is 5.69 Å². The van der Waals surface area contributed by atoms with Gasteiger partial charge in [0.05, 0.1) is 35.4 Å². The number of rotatable bonds is 8. The number of anilines is 1. The van der Waals surface area contributed by atoms with E-state index in [0.717, 1.165) is 11.3 Å². The minimum Gasteiger partial charge on any atom is -0.489 e. The summed E-state index contributed by atoms with van der Waals surface area (Å²) in [6.45, 7) is 7.82. The highest BCUT2D eigenvalue weighted by molar-refractivity contribution is 6.04. The van der Waals surface area contributed by atoms with Gasteiger partial charge >= 0.3 is 5.97 Å². The lowest BCUT2D eigenvalue weighted by atomic mass is 10.2. The van der Waals surface area contributed by atoms with E-state index in [1.54, 1.807) is 61.0 Å². The zero-order valence-electron chi connectivity index (χ0n) is 20.0. The molecule has 0 radical (unpaired) electrons. The first-order chi connectivity index (χ1) is 16.9. The van der Waals surface area contributed by atoms with E-state index < -0.39 is 5.97 Å². The van der Waals surface area contributed by atoms with Gasteiger partial charge in [0.25, 0.3) is 5.91 Å². The third kappa shape index (κ3) is 5.24. The first-order valence-electron chi connectivity index (χ1n) is 11.2. The molecule has 4 aromatic rings. The maximum absolute atomic E-state index is 12.9. The SMILES string of the molecule is CCOC(=O)c1cnn(-c2cccc(NC(=O)c3cccc(OCc4c(C)noc4C)c3)c2)c1C. The third-order valence-corrected chi connectivity index (χ3v) is 5.51. The predicted molar refractivity (Wildman–Crippen MR) is 129 cm³/mol.